The Labute approximate surface area is 191 Å². The average molecular weight is 443 g/mol. The first-order valence-corrected chi connectivity index (χ1v) is 11.2. The number of carbonyl (C=O) groups excluding carboxylic acids is 1. The zero-order valence-corrected chi connectivity index (χ0v) is 18.3. The lowest BCUT2D eigenvalue weighted by molar-refractivity contribution is 0.0942. The summed E-state index contributed by atoms with van der Waals surface area (Å²) in [4.78, 5) is 24.3. The van der Waals surface area contributed by atoms with Crippen LogP contribution in [0.3, 0.4) is 0 Å². The number of aromatic nitrogens is 4. The highest BCUT2D eigenvalue weighted by Gasteiger charge is 2.28. The Morgan fingerprint density at radius 2 is 1.91 bits per heavy atom. The molecular weight excluding hydrogens is 416 g/mol. The van der Waals surface area contributed by atoms with Gasteiger partial charge < -0.3 is 10.4 Å². The predicted molar refractivity (Wildman–Crippen MR) is 124 cm³/mol. The molecule has 0 radical (unpaired) electrons. The minimum Gasteiger partial charge on any atom is -0.394 e. The van der Waals surface area contributed by atoms with Crippen LogP contribution in [0.4, 0.5) is 0 Å². The number of nitrogens with one attached hydrogen (secondary N) is 1. The monoisotopic (exact) mass is 442 g/mol. The van der Waals surface area contributed by atoms with E-state index in [0.717, 1.165) is 46.4 Å². The van der Waals surface area contributed by atoms with Crippen LogP contribution in [0.1, 0.15) is 32.9 Å². The van der Waals surface area contributed by atoms with Gasteiger partial charge in [0.1, 0.15) is 0 Å². The van der Waals surface area contributed by atoms with Gasteiger partial charge in [-0.1, -0.05) is 42.5 Å². The van der Waals surface area contributed by atoms with Crippen molar-refractivity contribution in [1.82, 2.24) is 30.0 Å². The van der Waals surface area contributed by atoms with Crippen LogP contribution >= 0.6 is 0 Å². The molecule has 0 atom stereocenters. The topological polar surface area (TPSA) is 96.2 Å². The fourth-order valence-electron chi connectivity index (χ4n) is 4.43. The lowest BCUT2D eigenvalue weighted by atomic mass is 10.0. The summed E-state index contributed by atoms with van der Waals surface area (Å²) in [5, 5.41) is 17.1. The molecule has 2 aromatic heterocycles. The number of aliphatic hydroxyl groups excluding tert-OH is 1. The Hall–Kier alpha value is -3.62. The fourth-order valence-corrected chi connectivity index (χ4v) is 4.43. The van der Waals surface area contributed by atoms with Gasteiger partial charge in [-0.3, -0.25) is 24.3 Å². The highest BCUT2D eigenvalue weighted by atomic mass is 16.3. The molecule has 0 unspecified atom stereocenters. The molecule has 1 aliphatic heterocycles. The fraction of sp³-hybridized carbons (Fsp3) is 0.280. The van der Waals surface area contributed by atoms with Crippen LogP contribution in [-0.4, -0.2) is 48.8 Å². The molecule has 0 saturated heterocycles. The smallest absolute Gasteiger partial charge is 0.272 e. The van der Waals surface area contributed by atoms with Crippen molar-refractivity contribution in [3.63, 3.8) is 0 Å². The number of aliphatic hydroxyl groups is 1. The molecule has 8 heteroatoms. The zero-order valence-electron chi connectivity index (χ0n) is 18.3. The number of rotatable bonds is 7. The first-order chi connectivity index (χ1) is 16.2. The number of fused-ring (bicyclic) bond motifs is 2. The van der Waals surface area contributed by atoms with E-state index in [1.165, 1.54) is 0 Å². The summed E-state index contributed by atoms with van der Waals surface area (Å²) in [6.45, 7) is 2.98. The van der Waals surface area contributed by atoms with Gasteiger partial charge in [0.05, 0.1) is 24.2 Å². The summed E-state index contributed by atoms with van der Waals surface area (Å²) in [6.07, 6.45) is 4.19. The van der Waals surface area contributed by atoms with Crippen LogP contribution in [0.15, 0.2) is 60.9 Å². The van der Waals surface area contributed by atoms with Gasteiger partial charge in [0, 0.05) is 56.3 Å². The van der Waals surface area contributed by atoms with Gasteiger partial charge >= 0.3 is 0 Å². The molecule has 0 spiro atoms. The third-order valence-corrected chi connectivity index (χ3v) is 6.01. The molecule has 8 nitrogen and oxygen atoms in total. The highest BCUT2D eigenvalue weighted by Crippen LogP contribution is 2.25. The number of hydrogen-bond donors (Lipinski definition) is 2. The molecule has 33 heavy (non-hydrogen) atoms. The predicted octanol–water partition coefficient (Wildman–Crippen LogP) is 2.31. The maximum atomic E-state index is 13.1. The van der Waals surface area contributed by atoms with Gasteiger partial charge in [-0.25, -0.2) is 0 Å². The van der Waals surface area contributed by atoms with Crippen LogP contribution in [0.5, 0.6) is 0 Å². The molecule has 0 bridgehead atoms. The maximum Gasteiger partial charge on any atom is 0.272 e. The van der Waals surface area contributed by atoms with E-state index >= 15 is 0 Å². The van der Waals surface area contributed by atoms with E-state index in [1.54, 1.807) is 17.1 Å². The summed E-state index contributed by atoms with van der Waals surface area (Å²) >= 11 is 0. The molecule has 4 aromatic rings. The van der Waals surface area contributed by atoms with Crippen molar-refractivity contribution in [2.24, 2.45) is 0 Å². The van der Waals surface area contributed by atoms with E-state index < -0.39 is 0 Å². The van der Waals surface area contributed by atoms with Crippen molar-refractivity contribution in [1.29, 1.82) is 0 Å². The van der Waals surface area contributed by atoms with Crippen LogP contribution in [-0.2, 0) is 32.6 Å². The van der Waals surface area contributed by atoms with Gasteiger partial charge in [0.25, 0.3) is 5.91 Å². The van der Waals surface area contributed by atoms with Crippen LogP contribution in [0.2, 0.25) is 0 Å². The molecule has 0 aliphatic carbocycles. The quantitative estimate of drug-likeness (QED) is 0.456. The Bertz CT molecular complexity index is 1270. The average Bonchev–Trinajstić information content (AvgIpc) is 3.21. The number of benzene rings is 2. The maximum absolute atomic E-state index is 13.1. The Balaban J connectivity index is 1.38. The third-order valence-electron chi connectivity index (χ3n) is 6.01. The number of para-hydroxylation sites is 1. The molecule has 168 valence electrons. The molecule has 0 saturated carbocycles. The summed E-state index contributed by atoms with van der Waals surface area (Å²) in [6, 6.07) is 15.9. The van der Waals surface area contributed by atoms with Crippen molar-refractivity contribution in [3.05, 3.63) is 89.0 Å². The first kappa shape index (κ1) is 21.2. The molecule has 3 heterocycles. The molecule has 1 amide bonds. The van der Waals surface area contributed by atoms with Crippen molar-refractivity contribution in [2.45, 2.75) is 32.6 Å². The summed E-state index contributed by atoms with van der Waals surface area (Å²) in [5.74, 6) is -0.190. The van der Waals surface area contributed by atoms with E-state index in [2.05, 4.69) is 31.3 Å². The van der Waals surface area contributed by atoms with Gasteiger partial charge in [0.2, 0.25) is 0 Å². The van der Waals surface area contributed by atoms with Gasteiger partial charge in [0.15, 0.2) is 5.69 Å². The molecule has 5 rings (SSSR count). The second kappa shape index (κ2) is 9.48. The van der Waals surface area contributed by atoms with Crippen LogP contribution in [0.25, 0.3) is 11.0 Å². The van der Waals surface area contributed by atoms with Crippen molar-refractivity contribution in [3.8, 4) is 0 Å². The number of carbonyl (C=O) groups is 1. The standard InChI is InChI=1S/C25H26N6O2/c32-14-13-31-22-9-12-30(16-19-7-4-8-21-23(19)27-11-10-26-21)17-20(22)24(29-31)25(33)28-15-18-5-2-1-3-6-18/h1-8,10-11,32H,9,12-17H2,(H,28,33). The van der Waals surface area contributed by atoms with E-state index in [1.807, 2.05) is 42.5 Å². The van der Waals surface area contributed by atoms with E-state index in [9.17, 15) is 9.90 Å². The van der Waals surface area contributed by atoms with Crippen molar-refractivity contribution >= 4 is 16.9 Å². The minimum absolute atomic E-state index is 0.0163. The van der Waals surface area contributed by atoms with Crippen LogP contribution in [0, 0.1) is 0 Å². The van der Waals surface area contributed by atoms with Gasteiger partial charge in [-0.05, 0) is 17.2 Å². The Morgan fingerprint density at radius 3 is 2.76 bits per heavy atom. The lowest BCUT2D eigenvalue weighted by Gasteiger charge is -2.28. The zero-order chi connectivity index (χ0) is 22.6. The molecule has 1 aliphatic rings. The highest BCUT2D eigenvalue weighted by molar-refractivity contribution is 5.94. The van der Waals surface area contributed by atoms with Gasteiger partial charge in [-0.15, -0.1) is 0 Å². The van der Waals surface area contributed by atoms with E-state index in [0.29, 0.717) is 31.9 Å². The first-order valence-electron chi connectivity index (χ1n) is 11.2. The van der Waals surface area contributed by atoms with Crippen molar-refractivity contribution in [2.75, 3.05) is 13.2 Å². The van der Waals surface area contributed by atoms with E-state index in [-0.39, 0.29) is 12.5 Å². The molecular formula is C25H26N6O2. The minimum atomic E-state index is -0.190. The van der Waals surface area contributed by atoms with Gasteiger partial charge in [-0.2, -0.15) is 5.10 Å². The number of hydrogen-bond acceptors (Lipinski definition) is 6. The summed E-state index contributed by atoms with van der Waals surface area (Å²) in [5.41, 5.74) is 6.34. The number of nitrogens with zero attached hydrogens (tertiary/aromatic N) is 5. The normalized spacial score (nSPS) is 13.7. The Morgan fingerprint density at radius 1 is 1.06 bits per heavy atom. The van der Waals surface area contributed by atoms with Crippen molar-refractivity contribution < 1.29 is 9.90 Å². The summed E-state index contributed by atoms with van der Waals surface area (Å²) in [7, 11) is 0. The molecule has 2 aromatic carbocycles. The number of amides is 1. The second-order valence-corrected chi connectivity index (χ2v) is 8.19. The third kappa shape index (κ3) is 4.48. The lowest BCUT2D eigenvalue weighted by Crippen LogP contribution is -2.32. The second-order valence-electron chi connectivity index (χ2n) is 8.19. The largest absolute Gasteiger partial charge is 0.394 e. The summed E-state index contributed by atoms with van der Waals surface area (Å²) < 4.78 is 1.79. The molecule has 0 fully saturated rings. The Kier molecular flexibility index (Phi) is 6.10. The SMILES string of the molecule is O=C(NCc1ccccc1)c1nn(CCO)c2c1CN(Cc1cccc3nccnc13)CC2. The van der Waals surface area contributed by atoms with E-state index in [4.69, 9.17) is 0 Å². The molecule has 2 N–H and O–H groups in total. The van der Waals surface area contributed by atoms with Crippen LogP contribution < -0.4 is 5.32 Å².